The van der Waals surface area contributed by atoms with Crippen LogP contribution >= 0.6 is 0 Å². The summed E-state index contributed by atoms with van der Waals surface area (Å²) in [5, 5.41) is 12.2. The van der Waals surface area contributed by atoms with Crippen molar-refractivity contribution in [2.24, 2.45) is 0 Å². The molecule has 0 fully saturated rings. The first-order chi connectivity index (χ1) is 14.3. The molecule has 0 heterocycles. The zero-order valence-corrected chi connectivity index (χ0v) is 18.1. The number of sulfone groups is 1. The number of nitrogens with one attached hydrogen (secondary N) is 1. The van der Waals surface area contributed by atoms with Crippen LogP contribution in [-0.4, -0.2) is 37.8 Å². The van der Waals surface area contributed by atoms with Crippen molar-refractivity contribution in [3.05, 3.63) is 53.6 Å². The lowest BCUT2D eigenvalue weighted by atomic mass is 10.1. The van der Waals surface area contributed by atoms with Gasteiger partial charge in [0.1, 0.15) is 0 Å². The molecule has 10 heteroatoms. The summed E-state index contributed by atoms with van der Waals surface area (Å²) in [7, 11) is -2.80. The van der Waals surface area contributed by atoms with Gasteiger partial charge in [0, 0.05) is 13.0 Å². The summed E-state index contributed by atoms with van der Waals surface area (Å²) in [4.78, 5) is 11.8. The van der Waals surface area contributed by atoms with E-state index in [0.29, 0.717) is 12.5 Å². The van der Waals surface area contributed by atoms with E-state index in [0.717, 1.165) is 23.8 Å². The number of methoxy groups -OCH3 is 1. The molecule has 0 aliphatic rings. The fraction of sp³-hybridized carbons (Fsp3) is 0.381. The number of aromatic hydroxyl groups is 1. The Hall–Kier alpha value is -2.75. The maximum absolute atomic E-state index is 12.9. The number of carbonyl (C=O) groups excluding carboxylic acids is 1. The maximum Gasteiger partial charge on any atom is 0.416 e. The molecule has 0 aromatic heterocycles. The number of benzene rings is 2. The van der Waals surface area contributed by atoms with Crippen molar-refractivity contribution in [2.45, 2.75) is 42.5 Å². The van der Waals surface area contributed by atoms with E-state index in [1.54, 1.807) is 12.1 Å². The third-order valence-corrected chi connectivity index (χ3v) is 7.24. The Bertz CT molecular complexity index is 1050. The molecule has 0 atom stereocenters. The molecule has 0 saturated heterocycles. The van der Waals surface area contributed by atoms with Gasteiger partial charge < -0.3 is 15.2 Å². The Morgan fingerprint density at radius 2 is 1.81 bits per heavy atom. The van der Waals surface area contributed by atoms with Crippen LogP contribution in [0.25, 0.3) is 0 Å². The summed E-state index contributed by atoms with van der Waals surface area (Å²) in [5.41, 5.74) is -0.288. The number of hydrogen-bond acceptors (Lipinski definition) is 5. The summed E-state index contributed by atoms with van der Waals surface area (Å²) < 4.78 is 67.9. The molecule has 6 nitrogen and oxygen atoms in total. The van der Waals surface area contributed by atoms with E-state index in [4.69, 9.17) is 4.74 Å². The molecule has 1 amide bonds. The van der Waals surface area contributed by atoms with Crippen molar-refractivity contribution in [2.75, 3.05) is 13.7 Å². The van der Waals surface area contributed by atoms with E-state index >= 15 is 0 Å². The predicted octanol–water partition coefficient (Wildman–Crippen LogP) is 3.72. The number of halogens is 3. The second-order valence-electron chi connectivity index (χ2n) is 7.57. The number of rotatable bonds is 8. The monoisotopic (exact) mass is 459 g/mol. The van der Waals surface area contributed by atoms with E-state index in [2.05, 4.69) is 5.32 Å². The van der Waals surface area contributed by atoms with Gasteiger partial charge in [-0.05, 0) is 56.2 Å². The standard InChI is InChI=1S/C21H24F3NO5S/c1-20(2,31(28,29)16-6-4-5-15(12-16)21(22,23)24)13-19(27)25-10-9-14-7-8-17(26)18(11-14)30-3/h4-8,11-12,26H,9-10,13H2,1-3H3,(H,25,27). The van der Waals surface area contributed by atoms with Crippen molar-refractivity contribution in [1.29, 1.82) is 0 Å². The molecule has 0 spiro atoms. The van der Waals surface area contributed by atoms with Crippen LogP contribution < -0.4 is 10.1 Å². The highest BCUT2D eigenvalue weighted by atomic mass is 32.2. The predicted molar refractivity (Wildman–Crippen MR) is 109 cm³/mol. The number of amides is 1. The Kier molecular flexibility index (Phi) is 7.25. The lowest BCUT2D eigenvalue weighted by Gasteiger charge is -2.24. The maximum atomic E-state index is 12.9. The Balaban J connectivity index is 2.04. The van der Waals surface area contributed by atoms with Crippen LogP contribution in [0.4, 0.5) is 13.2 Å². The van der Waals surface area contributed by atoms with E-state index < -0.39 is 43.5 Å². The number of carbonyl (C=O) groups is 1. The lowest BCUT2D eigenvalue weighted by Crippen LogP contribution is -2.39. The molecular weight excluding hydrogens is 435 g/mol. The average Bonchev–Trinajstić information content (AvgIpc) is 2.68. The molecule has 2 aromatic carbocycles. The smallest absolute Gasteiger partial charge is 0.416 e. The minimum absolute atomic E-state index is 0.0168. The van der Waals surface area contributed by atoms with Gasteiger partial charge in [-0.15, -0.1) is 0 Å². The van der Waals surface area contributed by atoms with Crippen molar-refractivity contribution in [3.8, 4) is 11.5 Å². The molecule has 0 bridgehead atoms. The van der Waals surface area contributed by atoms with Gasteiger partial charge in [-0.1, -0.05) is 12.1 Å². The second kappa shape index (κ2) is 9.17. The van der Waals surface area contributed by atoms with Crippen molar-refractivity contribution in [1.82, 2.24) is 5.32 Å². The minimum atomic E-state index is -4.68. The van der Waals surface area contributed by atoms with Crippen molar-refractivity contribution < 1.29 is 36.2 Å². The Labute approximate surface area is 179 Å². The summed E-state index contributed by atoms with van der Waals surface area (Å²) in [6, 6.07) is 8.21. The van der Waals surface area contributed by atoms with Crippen LogP contribution in [-0.2, 0) is 27.2 Å². The zero-order valence-electron chi connectivity index (χ0n) is 17.3. The van der Waals surface area contributed by atoms with Crippen LogP contribution in [0.5, 0.6) is 11.5 Å². The fourth-order valence-electron chi connectivity index (χ4n) is 2.93. The Morgan fingerprint density at radius 3 is 2.42 bits per heavy atom. The molecule has 170 valence electrons. The number of phenolic OH excluding ortho intramolecular Hbond substituents is 1. The summed E-state index contributed by atoms with van der Waals surface area (Å²) in [5.74, 6) is -0.278. The SMILES string of the molecule is COc1cc(CCNC(=O)CC(C)(C)S(=O)(=O)c2cccc(C(F)(F)F)c2)ccc1O. The Morgan fingerprint density at radius 1 is 1.13 bits per heavy atom. The zero-order chi connectivity index (χ0) is 23.4. The van der Waals surface area contributed by atoms with Gasteiger partial charge in [0.2, 0.25) is 5.91 Å². The normalized spacial score (nSPS) is 12.5. The molecular formula is C21H24F3NO5S. The quantitative estimate of drug-likeness (QED) is 0.628. The summed E-state index contributed by atoms with van der Waals surface area (Å²) in [6.45, 7) is 2.80. The lowest BCUT2D eigenvalue weighted by molar-refractivity contribution is -0.137. The molecule has 0 radical (unpaired) electrons. The van der Waals surface area contributed by atoms with Crippen LogP contribution in [0, 0.1) is 0 Å². The van der Waals surface area contributed by atoms with Gasteiger partial charge >= 0.3 is 6.18 Å². The van der Waals surface area contributed by atoms with E-state index in [-0.39, 0.29) is 18.0 Å². The van der Waals surface area contributed by atoms with Crippen LogP contribution in [0.2, 0.25) is 0 Å². The highest BCUT2D eigenvalue weighted by Gasteiger charge is 2.39. The van der Waals surface area contributed by atoms with Crippen LogP contribution in [0.15, 0.2) is 47.4 Å². The molecule has 2 aromatic rings. The van der Waals surface area contributed by atoms with Crippen molar-refractivity contribution in [3.63, 3.8) is 0 Å². The number of ether oxygens (including phenoxy) is 1. The third-order valence-electron chi connectivity index (χ3n) is 4.77. The average molecular weight is 459 g/mol. The largest absolute Gasteiger partial charge is 0.504 e. The molecule has 0 saturated carbocycles. The topological polar surface area (TPSA) is 92.7 Å². The van der Waals surface area contributed by atoms with Crippen LogP contribution in [0.3, 0.4) is 0 Å². The number of hydrogen-bond donors (Lipinski definition) is 2. The van der Waals surface area contributed by atoms with Gasteiger partial charge in [-0.25, -0.2) is 8.42 Å². The molecule has 0 unspecified atom stereocenters. The van der Waals surface area contributed by atoms with E-state index in [1.807, 2.05) is 0 Å². The third kappa shape index (κ3) is 5.90. The molecule has 0 aliphatic carbocycles. The first kappa shape index (κ1) is 24.5. The number of phenols is 1. The molecule has 2 N–H and O–H groups in total. The minimum Gasteiger partial charge on any atom is -0.504 e. The van der Waals surface area contributed by atoms with Gasteiger partial charge in [0.05, 0.1) is 22.3 Å². The van der Waals surface area contributed by atoms with Crippen LogP contribution in [0.1, 0.15) is 31.4 Å². The van der Waals surface area contributed by atoms with E-state index in [9.17, 15) is 31.5 Å². The molecule has 0 aliphatic heterocycles. The van der Waals surface area contributed by atoms with Gasteiger partial charge in [-0.2, -0.15) is 13.2 Å². The van der Waals surface area contributed by atoms with Gasteiger partial charge in [0.25, 0.3) is 0 Å². The highest BCUT2D eigenvalue weighted by Crippen LogP contribution is 2.34. The molecule has 31 heavy (non-hydrogen) atoms. The second-order valence-corrected chi connectivity index (χ2v) is 10.2. The fourth-order valence-corrected chi connectivity index (χ4v) is 4.43. The van der Waals surface area contributed by atoms with E-state index in [1.165, 1.54) is 27.0 Å². The first-order valence-electron chi connectivity index (χ1n) is 9.32. The van der Waals surface area contributed by atoms with Gasteiger partial charge in [0.15, 0.2) is 21.3 Å². The summed E-state index contributed by atoms with van der Waals surface area (Å²) >= 11 is 0. The highest BCUT2D eigenvalue weighted by molar-refractivity contribution is 7.92. The first-order valence-corrected chi connectivity index (χ1v) is 10.8. The molecule has 2 rings (SSSR count). The van der Waals surface area contributed by atoms with Gasteiger partial charge in [-0.3, -0.25) is 4.79 Å². The number of alkyl halides is 3. The summed E-state index contributed by atoms with van der Waals surface area (Å²) in [6.07, 6.45) is -4.70. The van der Waals surface area contributed by atoms with Crippen molar-refractivity contribution >= 4 is 15.7 Å².